The Kier molecular flexibility index (Phi) is 8.82. The second-order valence-corrected chi connectivity index (χ2v) is 8.17. The van der Waals surface area contributed by atoms with Gasteiger partial charge in [0.05, 0.1) is 26.4 Å². The van der Waals surface area contributed by atoms with Crippen LogP contribution in [0.1, 0.15) is 75.6 Å². The van der Waals surface area contributed by atoms with Crippen molar-refractivity contribution in [2.45, 2.75) is 71.0 Å². The maximum Gasteiger partial charge on any atom is 0.253 e. The number of amides is 1. The van der Waals surface area contributed by atoms with Crippen LogP contribution in [0, 0.1) is 0 Å². The molecule has 168 valence electrons. The van der Waals surface area contributed by atoms with E-state index in [9.17, 15) is 4.79 Å². The van der Waals surface area contributed by atoms with Crippen LogP contribution < -0.4 is 9.47 Å². The fourth-order valence-corrected chi connectivity index (χ4v) is 3.96. The van der Waals surface area contributed by atoms with E-state index in [0.717, 1.165) is 57.1 Å². The fourth-order valence-electron chi connectivity index (χ4n) is 3.96. The third-order valence-corrected chi connectivity index (χ3v) is 5.83. The van der Waals surface area contributed by atoms with Crippen molar-refractivity contribution in [3.05, 3.63) is 23.8 Å². The highest BCUT2D eigenvalue weighted by Crippen LogP contribution is 2.33. The largest absolute Gasteiger partial charge is 0.490 e. The number of piperidine rings is 1. The summed E-state index contributed by atoms with van der Waals surface area (Å²) in [5, 5.41) is 0. The van der Waals surface area contributed by atoms with Crippen LogP contribution in [-0.4, -0.2) is 56.1 Å². The molecule has 0 bridgehead atoms. The molecule has 0 atom stereocenters. The average Bonchev–Trinajstić information content (AvgIpc) is 3.23. The Bertz CT molecular complexity index is 662. The number of hydrogen-bond acceptors (Lipinski definition) is 5. The molecule has 6 nitrogen and oxygen atoms in total. The predicted molar refractivity (Wildman–Crippen MR) is 116 cm³/mol. The predicted octanol–water partition coefficient (Wildman–Crippen LogP) is 4.80. The Labute approximate surface area is 180 Å². The highest BCUT2D eigenvalue weighted by Gasteiger charge is 2.40. The monoisotopic (exact) mass is 419 g/mol. The van der Waals surface area contributed by atoms with Gasteiger partial charge in [-0.05, 0) is 31.0 Å². The van der Waals surface area contributed by atoms with Crippen molar-refractivity contribution < 1.29 is 23.7 Å². The molecule has 0 aromatic heterocycles. The third kappa shape index (κ3) is 6.11. The standard InChI is InChI=1S/C24H37NO5/c1-3-5-7-15-27-21-10-9-20(19-22(21)28-16-8-6-4-2)23(26)25-13-11-24(12-14-25)29-17-18-30-24/h9-10,19H,3-8,11-18H2,1-2H3. The van der Waals surface area contributed by atoms with Gasteiger partial charge in [0.15, 0.2) is 17.3 Å². The van der Waals surface area contributed by atoms with Crippen molar-refractivity contribution in [3.8, 4) is 11.5 Å². The maximum atomic E-state index is 13.1. The molecule has 2 aliphatic heterocycles. The molecule has 0 aliphatic carbocycles. The molecule has 3 rings (SSSR count). The first-order valence-electron chi connectivity index (χ1n) is 11.6. The quantitative estimate of drug-likeness (QED) is 0.482. The van der Waals surface area contributed by atoms with Gasteiger partial charge in [-0.2, -0.15) is 0 Å². The summed E-state index contributed by atoms with van der Waals surface area (Å²) in [7, 11) is 0. The molecule has 0 N–H and O–H groups in total. The van der Waals surface area contributed by atoms with Crippen molar-refractivity contribution in [1.82, 2.24) is 4.90 Å². The normalized spacial score (nSPS) is 18.0. The van der Waals surface area contributed by atoms with Crippen molar-refractivity contribution in [1.29, 1.82) is 0 Å². The lowest BCUT2D eigenvalue weighted by Crippen LogP contribution is -2.47. The van der Waals surface area contributed by atoms with Gasteiger partial charge in [0.1, 0.15) is 0 Å². The molecule has 0 unspecified atom stereocenters. The van der Waals surface area contributed by atoms with Crippen LogP contribution in [0.25, 0.3) is 0 Å². The number of rotatable bonds is 11. The van der Waals surface area contributed by atoms with Gasteiger partial charge in [-0.15, -0.1) is 0 Å². The van der Waals surface area contributed by atoms with Crippen LogP contribution in [-0.2, 0) is 9.47 Å². The van der Waals surface area contributed by atoms with E-state index in [1.807, 2.05) is 23.1 Å². The molecular weight excluding hydrogens is 382 g/mol. The first-order valence-corrected chi connectivity index (χ1v) is 11.6. The Morgan fingerprint density at radius 1 is 0.933 bits per heavy atom. The SMILES string of the molecule is CCCCCOc1ccc(C(=O)N2CCC3(CC2)OCCO3)cc1OCCCCC. The van der Waals surface area contributed by atoms with Crippen LogP contribution in [0.15, 0.2) is 18.2 Å². The van der Waals surface area contributed by atoms with E-state index in [4.69, 9.17) is 18.9 Å². The Hall–Kier alpha value is -1.79. The van der Waals surface area contributed by atoms with Crippen molar-refractivity contribution in [2.24, 2.45) is 0 Å². The molecule has 2 saturated heterocycles. The van der Waals surface area contributed by atoms with Gasteiger partial charge in [-0.3, -0.25) is 4.79 Å². The second kappa shape index (κ2) is 11.6. The minimum absolute atomic E-state index is 0.0267. The average molecular weight is 420 g/mol. The Morgan fingerprint density at radius 3 is 2.13 bits per heavy atom. The highest BCUT2D eigenvalue weighted by molar-refractivity contribution is 5.95. The van der Waals surface area contributed by atoms with Gasteiger partial charge in [-0.1, -0.05) is 39.5 Å². The summed E-state index contributed by atoms with van der Waals surface area (Å²) in [6.07, 6.45) is 8.04. The maximum absolute atomic E-state index is 13.1. The topological polar surface area (TPSA) is 57.2 Å². The third-order valence-electron chi connectivity index (χ3n) is 5.83. The number of unbranched alkanes of at least 4 members (excludes halogenated alkanes) is 4. The Balaban J connectivity index is 1.63. The summed E-state index contributed by atoms with van der Waals surface area (Å²) in [6, 6.07) is 5.57. The number of likely N-dealkylation sites (tertiary alicyclic amines) is 1. The van der Waals surface area contributed by atoms with E-state index in [0.29, 0.717) is 50.8 Å². The zero-order valence-electron chi connectivity index (χ0n) is 18.6. The molecule has 2 fully saturated rings. The number of carbonyl (C=O) groups is 1. The molecular formula is C24H37NO5. The molecule has 6 heteroatoms. The molecule has 0 radical (unpaired) electrons. The number of hydrogen-bond donors (Lipinski definition) is 0. The van der Waals surface area contributed by atoms with Gasteiger partial charge in [0, 0.05) is 31.5 Å². The molecule has 1 aromatic carbocycles. The summed E-state index contributed by atoms with van der Waals surface area (Å²) < 4.78 is 23.5. The number of benzene rings is 1. The zero-order chi connectivity index (χ0) is 21.2. The first-order chi connectivity index (χ1) is 14.7. The van der Waals surface area contributed by atoms with E-state index in [1.54, 1.807) is 0 Å². The van der Waals surface area contributed by atoms with E-state index in [1.165, 1.54) is 0 Å². The minimum atomic E-state index is -0.472. The van der Waals surface area contributed by atoms with Gasteiger partial charge < -0.3 is 23.8 Å². The van der Waals surface area contributed by atoms with Gasteiger partial charge in [0.25, 0.3) is 5.91 Å². The smallest absolute Gasteiger partial charge is 0.253 e. The molecule has 2 heterocycles. The van der Waals surface area contributed by atoms with Gasteiger partial charge in [-0.25, -0.2) is 0 Å². The molecule has 1 amide bonds. The highest BCUT2D eigenvalue weighted by atomic mass is 16.7. The van der Waals surface area contributed by atoms with Crippen LogP contribution in [0.4, 0.5) is 0 Å². The van der Waals surface area contributed by atoms with Gasteiger partial charge in [0.2, 0.25) is 0 Å². The lowest BCUT2D eigenvalue weighted by atomic mass is 10.0. The molecule has 1 spiro atoms. The summed E-state index contributed by atoms with van der Waals surface area (Å²) in [5.41, 5.74) is 0.644. The molecule has 2 aliphatic rings. The minimum Gasteiger partial charge on any atom is -0.490 e. The summed E-state index contributed by atoms with van der Waals surface area (Å²) in [6.45, 7) is 8.22. The fraction of sp³-hybridized carbons (Fsp3) is 0.708. The second-order valence-electron chi connectivity index (χ2n) is 8.17. The number of carbonyl (C=O) groups excluding carboxylic acids is 1. The summed E-state index contributed by atoms with van der Waals surface area (Å²) in [5.74, 6) is 0.952. The molecule has 1 aromatic rings. The number of nitrogens with zero attached hydrogens (tertiary/aromatic N) is 1. The first kappa shape index (κ1) is 22.9. The van der Waals surface area contributed by atoms with E-state index >= 15 is 0 Å². The summed E-state index contributed by atoms with van der Waals surface area (Å²) >= 11 is 0. The van der Waals surface area contributed by atoms with E-state index in [-0.39, 0.29) is 5.91 Å². The number of ether oxygens (including phenoxy) is 4. The van der Waals surface area contributed by atoms with Gasteiger partial charge >= 0.3 is 0 Å². The van der Waals surface area contributed by atoms with Crippen LogP contribution in [0.3, 0.4) is 0 Å². The van der Waals surface area contributed by atoms with E-state index < -0.39 is 5.79 Å². The lowest BCUT2D eigenvalue weighted by molar-refractivity contribution is -0.181. The van der Waals surface area contributed by atoms with Crippen LogP contribution >= 0.6 is 0 Å². The summed E-state index contributed by atoms with van der Waals surface area (Å²) in [4.78, 5) is 15.0. The van der Waals surface area contributed by atoms with E-state index in [2.05, 4.69) is 13.8 Å². The molecule has 30 heavy (non-hydrogen) atoms. The van der Waals surface area contributed by atoms with Crippen molar-refractivity contribution in [2.75, 3.05) is 39.5 Å². The molecule has 0 saturated carbocycles. The zero-order valence-corrected chi connectivity index (χ0v) is 18.6. The van der Waals surface area contributed by atoms with Crippen molar-refractivity contribution >= 4 is 5.91 Å². The van der Waals surface area contributed by atoms with Crippen LogP contribution in [0.2, 0.25) is 0 Å². The Morgan fingerprint density at radius 2 is 1.53 bits per heavy atom. The van der Waals surface area contributed by atoms with Crippen molar-refractivity contribution in [3.63, 3.8) is 0 Å². The lowest BCUT2D eigenvalue weighted by Gasteiger charge is -2.37. The van der Waals surface area contributed by atoms with Crippen LogP contribution in [0.5, 0.6) is 11.5 Å².